The average Bonchev–Trinajstić information content (AvgIpc) is 1.95. The predicted octanol–water partition coefficient (Wildman–Crippen LogP) is 2.11. The van der Waals surface area contributed by atoms with Crippen molar-refractivity contribution in [2.45, 2.75) is 13.3 Å². The zero-order valence-corrected chi connectivity index (χ0v) is 9.02. The third kappa shape index (κ3) is 9.08. The molecule has 0 bridgehead atoms. The van der Waals surface area contributed by atoms with Gasteiger partial charge in [-0.05, 0) is 13.3 Å². The molecule has 0 rings (SSSR count). The number of hydrogen-bond donors (Lipinski definition) is 0. The van der Waals surface area contributed by atoms with Gasteiger partial charge in [0.25, 0.3) is 0 Å². The lowest BCUT2D eigenvalue weighted by Gasteiger charge is -1.98. The summed E-state index contributed by atoms with van der Waals surface area (Å²) in [5.41, 5.74) is 1.74. The van der Waals surface area contributed by atoms with E-state index in [4.69, 9.17) is 0 Å². The van der Waals surface area contributed by atoms with Gasteiger partial charge in [0.15, 0.2) is 0 Å². The van der Waals surface area contributed by atoms with E-state index in [0.717, 1.165) is 11.1 Å². The molecule has 0 aromatic rings. The van der Waals surface area contributed by atoms with Crippen molar-refractivity contribution in [3.05, 3.63) is 36.5 Å². The highest BCUT2D eigenvalue weighted by Gasteiger charge is 2.01. The van der Waals surface area contributed by atoms with Crippen LogP contribution < -0.4 is 0 Å². The molecule has 2 nitrogen and oxygen atoms in total. The van der Waals surface area contributed by atoms with Gasteiger partial charge in [0.2, 0.25) is 0 Å². The van der Waals surface area contributed by atoms with E-state index in [1.165, 1.54) is 6.26 Å². The fourth-order valence-corrected chi connectivity index (χ4v) is 1.29. The van der Waals surface area contributed by atoms with Crippen LogP contribution in [0.5, 0.6) is 0 Å². The molecule has 0 unspecified atom stereocenters. The summed E-state index contributed by atoms with van der Waals surface area (Å²) in [7, 11) is -2.87. The van der Waals surface area contributed by atoms with Crippen LogP contribution in [0.1, 0.15) is 13.3 Å². The molecule has 0 saturated carbocycles. The molecule has 0 saturated heterocycles. The monoisotopic (exact) mass is 200 g/mol. The van der Waals surface area contributed by atoms with Gasteiger partial charge < -0.3 is 0 Å². The normalized spacial score (nSPS) is 11.8. The Labute approximate surface area is 80.6 Å². The zero-order valence-electron chi connectivity index (χ0n) is 8.21. The minimum Gasteiger partial charge on any atom is -0.229 e. The maximum atomic E-state index is 10.8. The molecule has 0 aliphatic rings. The topological polar surface area (TPSA) is 34.1 Å². The van der Waals surface area contributed by atoms with Crippen molar-refractivity contribution in [3.63, 3.8) is 0 Å². The first-order valence-electron chi connectivity index (χ1n) is 4.00. The van der Waals surface area contributed by atoms with Crippen molar-refractivity contribution < 1.29 is 8.42 Å². The molecule has 0 radical (unpaired) electrons. The Morgan fingerprint density at radius 2 is 1.85 bits per heavy atom. The van der Waals surface area contributed by atoms with E-state index < -0.39 is 9.84 Å². The minimum absolute atomic E-state index is 0.159. The van der Waals surface area contributed by atoms with Crippen LogP contribution in [0.2, 0.25) is 0 Å². The highest BCUT2D eigenvalue weighted by Crippen LogP contribution is 2.04. The van der Waals surface area contributed by atoms with Crippen molar-refractivity contribution >= 4 is 9.84 Å². The van der Waals surface area contributed by atoms with Crippen LogP contribution in [-0.4, -0.2) is 20.4 Å². The van der Waals surface area contributed by atoms with Crippen LogP contribution in [-0.2, 0) is 9.84 Å². The zero-order chi connectivity index (χ0) is 10.5. The molecule has 0 heterocycles. The average molecular weight is 200 g/mol. The highest BCUT2D eigenvalue weighted by molar-refractivity contribution is 7.90. The Balaban J connectivity index is 3.98. The first-order chi connectivity index (χ1) is 5.81. The Hall–Kier alpha value is -0.830. The molecule has 13 heavy (non-hydrogen) atoms. The lowest BCUT2D eigenvalue weighted by molar-refractivity contribution is 0.601. The van der Waals surface area contributed by atoms with Gasteiger partial charge in [-0.3, -0.25) is 0 Å². The smallest absolute Gasteiger partial charge is 0.147 e. The van der Waals surface area contributed by atoms with Crippen LogP contribution >= 0.6 is 0 Å². The molecule has 0 amide bonds. The summed E-state index contributed by atoms with van der Waals surface area (Å²) >= 11 is 0. The standard InChI is InChI=1S/C10H16O2S/c1-9(2)5-6-10(3)7-8-13(4,11)12/h5-6H,1,3,7-8H2,2,4H3/b6-5-. The molecule has 0 fully saturated rings. The first kappa shape index (κ1) is 12.2. The van der Waals surface area contributed by atoms with Crippen molar-refractivity contribution in [2.24, 2.45) is 0 Å². The van der Waals surface area contributed by atoms with Gasteiger partial charge in [-0.2, -0.15) is 0 Å². The van der Waals surface area contributed by atoms with Gasteiger partial charge in [0, 0.05) is 6.26 Å². The van der Waals surface area contributed by atoms with Crippen LogP contribution in [0.25, 0.3) is 0 Å². The first-order valence-corrected chi connectivity index (χ1v) is 6.06. The summed E-state index contributed by atoms with van der Waals surface area (Å²) in [6.45, 7) is 9.30. The summed E-state index contributed by atoms with van der Waals surface area (Å²) in [5.74, 6) is 0.159. The lowest BCUT2D eigenvalue weighted by Crippen LogP contribution is -2.02. The molecule has 0 aromatic carbocycles. The van der Waals surface area contributed by atoms with Gasteiger partial charge >= 0.3 is 0 Å². The second-order valence-corrected chi connectivity index (χ2v) is 5.48. The highest BCUT2D eigenvalue weighted by atomic mass is 32.2. The molecule has 0 aliphatic heterocycles. The Kier molecular flexibility index (Phi) is 4.70. The molecule has 0 N–H and O–H groups in total. The summed E-state index contributed by atoms with van der Waals surface area (Å²) in [5, 5.41) is 0. The van der Waals surface area contributed by atoms with E-state index in [1.54, 1.807) is 6.08 Å². The van der Waals surface area contributed by atoms with E-state index >= 15 is 0 Å². The molecule has 74 valence electrons. The molecule has 3 heteroatoms. The molecule has 0 spiro atoms. The van der Waals surface area contributed by atoms with Gasteiger partial charge in [-0.25, -0.2) is 8.42 Å². The van der Waals surface area contributed by atoms with Crippen LogP contribution in [0.3, 0.4) is 0 Å². The quantitative estimate of drug-likeness (QED) is 0.637. The maximum absolute atomic E-state index is 10.8. The van der Waals surface area contributed by atoms with Crippen LogP contribution in [0, 0.1) is 0 Å². The molecular formula is C10H16O2S. The van der Waals surface area contributed by atoms with E-state index in [1.807, 2.05) is 13.0 Å². The molecule has 0 aromatic heterocycles. The molecule has 0 atom stereocenters. The number of hydrogen-bond acceptors (Lipinski definition) is 2. The SMILES string of the molecule is C=C(C)/C=C\C(=C)CCS(C)(=O)=O. The van der Waals surface area contributed by atoms with Crippen molar-refractivity contribution in [3.8, 4) is 0 Å². The predicted molar refractivity (Wildman–Crippen MR) is 57.4 cm³/mol. The van der Waals surface area contributed by atoms with Crippen molar-refractivity contribution in [1.29, 1.82) is 0 Å². The van der Waals surface area contributed by atoms with E-state index in [0.29, 0.717) is 6.42 Å². The fraction of sp³-hybridized carbons (Fsp3) is 0.400. The Morgan fingerprint density at radius 3 is 2.23 bits per heavy atom. The summed E-state index contributed by atoms with van der Waals surface area (Å²) in [6, 6.07) is 0. The second-order valence-electron chi connectivity index (χ2n) is 3.22. The van der Waals surface area contributed by atoms with Crippen LogP contribution in [0.4, 0.5) is 0 Å². The lowest BCUT2D eigenvalue weighted by atomic mass is 10.2. The van der Waals surface area contributed by atoms with E-state index in [9.17, 15) is 8.42 Å². The number of allylic oxidation sites excluding steroid dienone is 4. The second kappa shape index (κ2) is 5.02. The van der Waals surface area contributed by atoms with E-state index in [-0.39, 0.29) is 5.75 Å². The minimum atomic E-state index is -2.87. The largest absolute Gasteiger partial charge is 0.229 e. The Bertz CT molecular complexity index is 321. The summed E-state index contributed by atoms with van der Waals surface area (Å²) in [4.78, 5) is 0. The van der Waals surface area contributed by atoms with Crippen LogP contribution in [0.15, 0.2) is 36.5 Å². The third-order valence-electron chi connectivity index (χ3n) is 1.40. The summed E-state index contributed by atoms with van der Waals surface area (Å²) < 4.78 is 21.6. The summed E-state index contributed by atoms with van der Waals surface area (Å²) in [6.07, 6.45) is 5.34. The van der Waals surface area contributed by atoms with Crippen molar-refractivity contribution in [1.82, 2.24) is 0 Å². The van der Waals surface area contributed by atoms with Gasteiger partial charge in [0.05, 0.1) is 5.75 Å². The fourth-order valence-electron chi connectivity index (χ4n) is 0.660. The molecular weight excluding hydrogens is 184 g/mol. The number of sulfone groups is 1. The number of rotatable bonds is 5. The van der Waals surface area contributed by atoms with Crippen molar-refractivity contribution in [2.75, 3.05) is 12.0 Å². The Morgan fingerprint density at radius 1 is 1.31 bits per heavy atom. The van der Waals surface area contributed by atoms with E-state index in [2.05, 4.69) is 13.2 Å². The van der Waals surface area contributed by atoms with Gasteiger partial charge in [-0.1, -0.05) is 36.5 Å². The molecule has 0 aliphatic carbocycles. The van der Waals surface area contributed by atoms with Gasteiger partial charge in [0.1, 0.15) is 9.84 Å². The maximum Gasteiger partial charge on any atom is 0.147 e. The third-order valence-corrected chi connectivity index (χ3v) is 2.34. The van der Waals surface area contributed by atoms with Gasteiger partial charge in [-0.15, -0.1) is 0 Å².